The van der Waals surface area contributed by atoms with E-state index in [1.807, 2.05) is 6.92 Å². The summed E-state index contributed by atoms with van der Waals surface area (Å²) in [5, 5.41) is 0. The Morgan fingerprint density at radius 2 is 1.88 bits per heavy atom. The maximum absolute atomic E-state index is 13.0. The number of anilines is 1. The molecule has 0 saturated carbocycles. The average Bonchev–Trinajstić information content (AvgIpc) is 2.99. The zero-order valence-corrected chi connectivity index (χ0v) is 13.4. The van der Waals surface area contributed by atoms with E-state index in [0.717, 1.165) is 12.1 Å². The molecule has 0 amide bonds. The molecule has 0 aliphatic carbocycles. The van der Waals surface area contributed by atoms with Crippen LogP contribution in [-0.4, -0.2) is 18.7 Å². The fraction of sp³-hybridized carbons (Fsp3) is 0.278. The standard InChI is InChI=1S/C18H16F4N2O/c1-2-16-11-24(15-5-3-4-12(10-15)18(20,21)22)17(25-16)23-14-8-6-13(19)7-9-14/h3-10,16H,2,11H2,1H3. The first-order valence-electron chi connectivity index (χ1n) is 7.82. The molecule has 2 aromatic rings. The second-order valence-electron chi connectivity index (χ2n) is 5.68. The van der Waals surface area contributed by atoms with E-state index in [0.29, 0.717) is 24.3 Å². The van der Waals surface area contributed by atoms with Crippen molar-refractivity contribution >= 4 is 17.4 Å². The van der Waals surface area contributed by atoms with Gasteiger partial charge in [0.2, 0.25) is 0 Å². The molecule has 1 heterocycles. The largest absolute Gasteiger partial charge is 0.459 e. The minimum atomic E-state index is -4.42. The molecule has 1 saturated heterocycles. The number of aliphatic imine (C=N–C) groups is 1. The monoisotopic (exact) mass is 352 g/mol. The second kappa shape index (κ2) is 6.74. The number of alkyl halides is 3. The first-order valence-corrected chi connectivity index (χ1v) is 7.82. The lowest BCUT2D eigenvalue weighted by Crippen LogP contribution is -2.26. The van der Waals surface area contributed by atoms with Crippen molar-refractivity contribution < 1.29 is 22.3 Å². The molecular formula is C18H16F4N2O. The van der Waals surface area contributed by atoms with Crippen LogP contribution < -0.4 is 4.90 Å². The van der Waals surface area contributed by atoms with Crippen molar-refractivity contribution in [2.75, 3.05) is 11.4 Å². The van der Waals surface area contributed by atoms with Gasteiger partial charge in [-0.25, -0.2) is 4.39 Å². The Kier molecular flexibility index (Phi) is 4.65. The third-order valence-corrected chi connectivity index (χ3v) is 3.88. The minimum Gasteiger partial charge on any atom is -0.459 e. The zero-order valence-electron chi connectivity index (χ0n) is 13.4. The fourth-order valence-corrected chi connectivity index (χ4v) is 2.52. The van der Waals surface area contributed by atoms with Crippen LogP contribution in [0.25, 0.3) is 0 Å². The Bertz CT molecular complexity index is 771. The Morgan fingerprint density at radius 3 is 2.52 bits per heavy atom. The van der Waals surface area contributed by atoms with E-state index in [1.54, 1.807) is 11.0 Å². The molecule has 1 fully saturated rings. The number of hydrogen-bond donors (Lipinski definition) is 0. The van der Waals surface area contributed by atoms with Gasteiger partial charge >= 0.3 is 6.18 Å². The van der Waals surface area contributed by atoms with Gasteiger partial charge in [0.1, 0.15) is 11.9 Å². The molecule has 0 radical (unpaired) electrons. The summed E-state index contributed by atoms with van der Waals surface area (Å²) in [6, 6.07) is 10.7. The van der Waals surface area contributed by atoms with Gasteiger partial charge < -0.3 is 4.74 Å². The van der Waals surface area contributed by atoms with E-state index in [9.17, 15) is 17.6 Å². The van der Waals surface area contributed by atoms with Gasteiger partial charge in [0.05, 0.1) is 17.8 Å². The predicted molar refractivity (Wildman–Crippen MR) is 87.4 cm³/mol. The van der Waals surface area contributed by atoms with Gasteiger partial charge in [-0.3, -0.25) is 4.90 Å². The van der Waals surface area contributed by atoms with Gasteiger partial charge in [0.25, 0.3) is 6.02 Å². The molecule has 3 nitrogen and oxygen atoms in total. The van der Waals surface area contributed by atoms with Crippen LogP contribution in [0.1, 0.15) is 18.9 Å². The molecule has 1 aliphatic heterocycles. The summed E-state index contributed by atoms with van der Waals surface area (Å²) in [5.41, 5.74) is 0.0860. The number of nitrogens with zero attached hydrogens (tertiary/aromatic N) is 2. The van der Waals surface area contributed by atoms with Crippen LogP contribution in [0.15, 0.2) is 53.5 Å². The molecule has 2 aromatic carbocycles. The van der Waals surface area contributed by atoms with Crippen molar-refractivity contribution in [3.05, 3.63) is 59.9 Å². The molecule has 0 bridgehead atoms. The van der Waals surface area contributed by atoms with Crippen molar-refractivity contribution in [2.45, 2.75) is 25.6 Å². The highest BCUT2D eigenvalue weighted by molar-refractivity contribution is 5.95. The number of halogens is 4. The van der Waals surface area contributed by atoms with Gasteiger partial charge in [-0.15, -0.1) is 0 Å². The quantitative estimate of drug-likeness (QED) is 0.714. The molecular weight excluding hydrogens is 336 g/mol. The lowest BCUT2D eigenvalue weighted by atomic mass is 10.1. The summed E-state index contributed by atoms with van der Waals surface area (Å²) < 4.78 is 57.6. The van der Waals surface area contributed by atoms with E-state index < -0.39 is 17.6 Å². The van der Waals surface area contributed by atoms with E-state index in [1.165, 1.54) is 30.3 Å². The summed E-state index contributed by atoms with van der Waals surface area (Å²) in [4.78, 5) is 5.92. The Balaban J connectivity index is 1.96. The van der Waals surface area contributed by atoms with Gasteiger partial charge in [-0.2, -0.15) is 18.2 Å². The van der Waals surface area contributed by atoms with Crippen molar-refractivity contribution in [3.8, 4) is 0 Å². The van der Waals surface area contributed by atoms with Gasteiger partial charge in [-0.05, 0) is 48.9 Å². The van der Waals surface area contributed by atoms with E-state index in [2.05, 4.69) is 4.99 Å². The summed E-state index contributed by atoms with van der Waals surface area (Å²) in [5.74, 6) is -0.391. The van der Waals surface area contributed by atoms with Gasteiger partial charge in [0.15, 0.2) is 0 Å². The third kappa shape index (κ3) is 3.92. The molecule has 0 N–H and O–H groups in total. The molecule has 1 unspecified atom stereocenters. The van der Waals surface area contributed by atoms with Crippen molar-refractivity contribution in [1.29, 1.82) is 0 Å². The normalized spacial score (nSPS) is 19.3. The molecule has 3 rings (SSSR count). The third-order valence-electron chi connectivity index (χ3n) is 3.88. The van der Waals surface area contributed by atoms with E-state index >= 15 is 0 Å². The maximum atomic E-state index is 13.0. The Hall–Kier alpha value is -2.57. The Morgan fingerprint density at radius 1 is 1.16 bits per heavy atom. The van der Waals surface area contributed by atoms with Crippen LogP contribution in [-0.2, 0) is 10.9 Å². The van der Waals surface area contributed by atoms with Crippen LogP contribution in [0.4, 0.5) is 28.9 Å². The van der Waals surface area contributed by atoms with Crippen LogP contribution in [0.2, 0.25) is 0 Å². The maximum Gasteiger partial charge on any atom is 0.416 e. The van der Waals surface area contributed by atoms with Gasteiger partial charge in [0, 0.05) is 5.69 Å². The molecule has 25 heavy (non-hydrogen) atoms. The lowest BCUT2D eigenvalue weighted by Gasteiger charge is -2.17. The summed E-state index contributed by atoms with van der Waals surface area (Å²) in [7, 11) is 0. The van der Waals surface area contributed by atoms with Crippen molar-refractivity contribution in [3.63, 3.8) is 0 Å². The minimum absolute atomic E-state index is 0.172. The summed E-state index contributed by atoms with van der Waals surface area (Å²) in [6.07, 6.45) is -3.90. The van der Waals surface area contributed by atoms with E-state index in [-0.39, 0.29) is 12.1 Å². The Labute approximate surface area is 142 Å². The van der Waals surface area contributed by atoms with Crippen molar-refractivity contribution in [1.82, 2.24) is 0 Å². The molecule has 1 aliphatic rings. The smallest absolute Gasteiger partial charge is 0.416 e. The highest BCUT2D eigenvalue weighted by atomic mass is 19.4. The second-order valence-corrected chi connectivity index (χ2v) is 5.68. The molecule has 1 atom stereocenters. The zero-order chi connectivity index (χ0) is 18.0. The first-order chi connectivity index (χ1) is 11.9. The highest BCUT2D eigenvalue weighted by Gasteiger charge is 2.34. The van der Waals surface area contributed by atoms with Crippen LogP contribution in [0, 0.1) is 5.82 Å². The van der Waals surface area contributed by atoms with Crippen LogP contribution in [0.5, 0.6) is 0 Å². The van der Waals surface area contributed by atoms with Crippen molar-refractivity contribution in [2.24, 2.45) is 4.99 Å². The SMILES string of the molecule is CCC1CN(c2cccc(C(F)(F)F)c2)C(=Nc2ccc(F)cc2)O1. The number of ether oxygens (including phenoxy) is 1. The number of rotatable bonds is 3. The van der Waals surface area contributed by atoms with E-state index in [4.69, 9.17) is 4.74 Å². The molecule has 0 aromatic heterocycles. The summed E-state index contributed by atoms with van der Waals surface area (Å²) >= 11 is 0. The molecule has 7 heteroatoms. The van der Waals surface area contributed by atoms with Crippen LogP contribution >= 0.6 is 0 Å². The number of hydrogen-bond acceptors (Lipinski definition) is 2. The molecule has 0 spiro atoms. The molecule has 132 valence electrons. The number of benzene rings is 2. The fourth-order valence-electron chi connectivity index (χ4n) is 2.52. The summed E-state index contributed by atoms with van der Waals surface area (Å²) in [6.45, 7) is 2.33. The first kappa shape index (κ1) is 17.3. The topological polar surface area (TPSA) is 24.8 Å². The number of amidine groups is 1. The van der Waals surface area contributed by atoms with Crippen LogP contribution in [0.3, 0.4) is 0 Å². The predicted octanol–water partition coefficient (Wildman–Crippen LogP) is 5.15. The highest BCUT2D eigenvalue weighted by Crippen LogP contribution is 2.33. The average molecular weight is 352 g/mol. The lowest BCUT2D eigenvalue weighted by molar-refractivity contribution is -0.137. The van der Waals surface area contributed by atoms with Gasteiger partial charge in [-0.1, -0.05) is 13.0 Å².